The van der Waals surface area contributed by atoms with E-state index in [1.165, 1.54) is 12.8 Å². The monoisotopic (exact) mass is 182 g/mol. The summed E-state index contributed by atoms with van der Waals surface area (Å²) in [5.41, 5.74) is 6.70. The van der Waals surface area contributed by atoms with Crippen LogP contribution in [0.25, 0.3) is 0 Å². The molecule has 1 aromatic heterocycles. The van der Waals surface area contributed by atoms with E-state index >= 15 is 0 Å². The van der Waals surface area contributed by atoms with Gasteiger partial charge in [-0.3, -0.25) is 5.10 Å². The number of nitrogens with one attached hydrogen (secondary N) is 1. The number of aromatic nitrogens is 2. The summed E-state index contributed by atoms with van der Waals surface area (Å²) in [5, 5.41) is 6.63. The summed E-state index contributed by atoms with van der Waals surface area (Å²) < 4.78 is 0. The molecule has 3 N–H and O–H groups in total. The van der Waals surface area contributed by atoms with E-state index in [2.05, 4.69) is 28.9 Å². The average molecular weight is 182 g/mol. The van der Waals surface area contributed by atoms with Gasteiger partial charge >= 0.3 is 0 Å². The summed E-state index contributed by atoms with van der Waals surface area (Å²) in [6.07, 6.45) is 4.12. The fraction of sp³-hybridized carbons (Fsp3) is 0.667. The lowest BCUT2D eigenvalue weighted by atomic mass is 10.1. The third kappa shape index (κ3) is 2.14. The summed E-state index contributed by atoms with van der Waals surface area (Å²) in [7, 11) is 2.04. The summed E-state index contributed by atoms with van der Waals surface area (Å²) in [6, 6.07) is 0.505. The Kier molecular flexibility index (Phi) is 3.17. The Morgan fingerprint density at radius 1 is 1.69 bits per heavy atom. The highest BCUT2D eigenvalue weighted by molar-refractivity contribution is 5.61. The number of nitrogen functional groups attached to an aromatic ring is 1. The summed E-state index contributed by atoms with van der Waals surface area (Å²) >= 11 is 0. The molecule has 0 aliphatic carbocycles. The molecule has 0 saturated carbocycles. The van der Waals surface area contributed by atoms with Crippen molar-refractivity contribution in [2.75, 3.05) is 17.7 Å². The van der Waals surface area contributed by atoms with Crippen LogP contribution in [0.3, 0.4) is 0 Å². The van der Waals surface area contributed by atoms with Crippen LogP contribution >= 0.6 is 0 Å². The van der Waals surface area contributed by atoms with Crippen molar-refractivity contribution in [2.45, 2.75) is 32.7 Å². The molecule has 0 fully saturated rings. The number of nitrogens with zero attached hydrogens (tertiary/aromatic N) is 2. The molecule has 0 aromatic carbocycles. The van der Waals surface area contributed by atoms with E-state index in [0.717, 1.165) is 5.69 Å². The van der Waals surface area contributed by atoms with Gasteiger partial charge in [-0.15, -0.1) is 0 Å². The molecule has 13 heavy (non-hydrogen) atoms. The predicted octanol–water partition coefficient (Wildman–Crippen LogP) is 1.62. The van der Waals surface area contributed by atoms with E-state index in [9.17, 15) is 0 Å². The maximum atomic E-state index is 5.72. The van der Waals surface area contributed by atoms with E-state index in [-0.39, 0.29) is 0 Å². The van der Waals surface area contributed by atoms with Crippen molar-refractivity contribution in [1.29, 1.82) is 0 Å². The van der Waals surface area contributed by atoms with Crippen molar-refractivity contribution in [3.63, 3.8) is 0 Å². The third-order valence-corrected chi connectivity index (χ3v) is 2.40. The fourth-order valence-corrected chi connectivity index (χ4v) is 1.42. The number of anilines is 2. The molecule has 0 saturated heterocycles. The van der Waals surface area contributed by atoms with Crippen LogP contribution in [-0.2, 0) is 0 Å². The zero-order valence-corrected chi connectivity index (χ0v) is 8.54. The first kappa shape index (κ1) is 9.89. The maximum absolute atomic E-state index is 5.72. The van der Waals surface area contributed by atoms with Crippen LogP contribution in [0.15, 0.2) is 6.20 Å². The zero-order chi connectivity index (χ0) is 9.84. The molecule has 0 spiro atoms. The van der Waals surface area contributed by atoms with Gasteiger partial charge in [0, 0.05) is 13.1 Å². The van der Waals surface area contributed by atoms with Gasteiger partial charge in [-0.1, -0.05) is 13.3 Å². The molecule has 0 aliphatic heterocycles. The molecule has 1 rings (SSSR count). The Morgan fingerprint density at radius 2 is 2.38 bits per heavy atom. The Morgan fingerprint density at radius 3 is 2.85 bits per heavy atom. The van der Waals surface area contributed by atoms with E-state index in [4.69, 9.17) is 5.73 Å². The highest BCUT2D eigenvalue weighted by Crippen LogP contribution is 2.21. The average Bonchev–Trinajstić information content (AvgIpc) is 2.50. The molecular weight excluding hydrogens is 164 g/mol. The summed E-state index contributed by atoms with van der Waals surface area (Å²) in [4.78, 5) is 2.16. The summed E-state index contributed by atoms with van der Waals surface area (Å²) in [5.74, 6) is 0.644. The Balaban J connectivity index is 2.67. The minimum absolute atomic E-state index is 0.505. The molecule has 1 aromatic rings. The van der Waals surface area contributed by atoms with Gasteiger partial charge in [-0.25, -0.2) is 0 Å². The first-order valence-electron chi connectivity index (χ1n) is 4.68. The van der Waals surface area contributed by atoms with Crippen molar-refractivity contribution >= 4 is 11.5 Å². The van der Waals surface area contributed by atoms with Gasteiger partial charge in [0.1, 0.15) is 5.82 Å². The van der Waals surface area contributed by atoms with Crippen LogP contribution in [-0.4, -0.2) is 23.3 Å². The lowest BCUT2D eigenvalue weighted by molar-refractivity contribution is 0.617. The van der Waals surface area contributed by atoms with Gasteiger partial charge < -0.3 is 10.6 Å². The van der Waals surface area contributed by atoms with Gasteiger partial charge in [-0.05, 0) is 13.3 Å². The summed E-state index contributed by atoms with van der Waals surface area (Å²) in [6.45, 7) is 4.37. The molecule has 1 unspecified atom stereocenters. The molecule has 1 heterocycles. The minimum Gasteiger partial charge on any atom is -0.382 e. The van der Waals surface area contributed by atoms with Gasteiger partial charge in [0.15, 0.2) is 0 Å². The zero-order valence-electron chi connectivity index (χ0n) is 8.54. The number of H-pyrrole nitrogens is 1. The molecule has 4 heteroatoms. The minimum atomic E-state index is 0.505. The molecule has 0 bridgehead atoms. The van der Waals surface area contributed by atoms with Crippen LogP contribution in [0, 0.1) is 0 Å². The number of hydrogen-bond donors (Lipinski definition) is 2. The second kappa shape index (κ2) is 4.16. The molecule has 0 amide bonds. The van der Waals surface area contributed by atoms with E-state index in [0.29, 0.717) is 11.9 Å². The molecule has 4 nitrogen and oxygen atoms in total. The van der Waals surface area contributed by atoms with Crippen molar-refractivity contribution in [2.24, 2.45) is 0 Å². The number of aromatic amines is 1. The fourth-order valence-electron chi connectivity index (χ4n) is 1.42. The highest BCUT2D eigenvalue weighted by atomic mass is 15.2. The van der Waals surface area contributed by atoms with E-state index in [1.54, 1.807) is 6.20 Å². The number of hydrogen-bond acceptors (Lipinski definition) is 3. The standard InChI is InChI=1S/C9H18N4/c1-4-5-7(2)13(3)8-6-11-12-9(8)10/h6-7H,4-5H2,1-3H3,(H3,10,11,12). The van der Waals surface area contributed by atoms with Crippen LogP contribution in [0.1, 0.15) is 26.7 Å². The van der Waals surface area contributed by atoms with Crippen LogP contribution in [0.2, 0.25) is 0 Å². The van der Waals surface area contributed by atoms with Gasteiger partial charge in [0.25, 0.3) is 0 Å². The molecule has 1 atom stereocenters. The van der Waals surface area contributed by atoms with Crippen molar-refractivity contribution in [1.82, 2.24) is 10.2 Å². The SMILES string of the molecule is CCCC(C)N(C)c1cn[nH]c1N. The molecule has 0 aliphatic rings. The first-order valence-corrected chi connectivity index (χ1v) is 4.68. The van der Waals surface area contributed by atoms with E-state index in [1.807, 2.05) is 7.05 Å². The number of rotatable bonds is 4. The largest absolute Gasteiger partial charge is 0.382 e. The Labute approximate surface area is 79.1 Å². The quantitative estimate of drug-likeness (QED) is 0.744. The number of nitrogens with two attached hydrogens (primary N) is 1. The van der Waals surface area contributed by atoms with Gasteiger partial charge in [-0.2, -0.15) is 5.10 Å². The molecule has 0 radical (unpaired) electrons. The third-order valence-electron chi connectivity index (χ3n) is 2.40. The van der Waals surface area contributed by atoms with Crippen molar-refractivity contribution in [3.8, 4) is 0 Å². The lowest BCUT2D eigenvalue weighted by Crippen LogP contribution is -2.28. The van der Waals surface area contributed by atoms with Crippen LogP contribution < -0.4 is 10.6 Å². The molecule has 74 valence electrons. The van der Waals surface area contributed by atoms with Crippen molar-refractivity contribution in [3.05, 3.63) is 6.20 Å². The predicted molar refractivity (Wildman–Crippen MR) is 55.8 cm³/mol. The second-order valence-corrected chi connectivity index (χ2v) is 3.42. The highest BCUT2D eigenvalue weighted by Gasteiger charge is 2.12. The second-order valence-electron chi connectivity index (χ2n) is 3.42. The Hall–Kier alpha value is -1.19. The Bertz CT molecular complexity index is 256. The van der Waals surface area contributed by atoms with Gasteiger partial charge in [0.2, 0.25) is 0 Å². The van der Waals surface area contributed by atoms with Gasteiger partial charge in [0.05, 0.1) is 11.9 Å². The lowest BCUT2D eigenvalue weighted by Gasteiger charge is -2.25. The topological polar surface area (TPSA) is 57.9 Å². The van der Waals surface area contributed by atoms with E-state index < -0.39 is 0 Å². The normalized spacial score (nSPS) is 12.8. The van der Waals surface area contributed by atoms with Crippen LogP contribution in [0.4, 0.5) is 11.5 Å². The first-order chi connectivity index (χ1) is 6.16. The maximum Gasteiger partial charge on any atom is 0.142 e. The molecular formula is C9H18N4. The van der Waals surface area contributed by atoms with Crippen molar-refractivity contribution < 1.29 is 0 Å². The van der Waals surface area contributed by atoms with Crippen LogP contribution in [0.5, 0.6) is 0 Å². The smallest absolute Gasteiger partial charge is 0.142 e.